The molecule has 22 heavy (non-hydrogen) atoms. The van der Waals surface area contributed by atoms with E-state index in [1.165, 1.54) is 0 Å². The first-order valence-corrected chi connectivity index (χ1v) is 7.63. The third-order valence-corrected chi connectivity index (χ3v) is 4.15. The van der Waals surface area contributed by atoms with Gasteiger partial charge in [-0.05, 0) is 34.1 Å². The Bertz CT molecular complexity index is 407. The molecule has 0 bridgehead atoms. The van der Waals surface area contributed by atoms with E-state index < -0.39 is 35.5 Å². The summed E-state index contributed by atoms with van der Waals surface area (Å²) in [6.07, 6.45) is 0.419. The van der Waals surface area contributed by atoms with Crippen molar-refractivity contribution >= 4 is 0 Å². The number of hydrogen-bond acceptors (Lipinski definition) is 6. The van der Waals surface area contributed by atoms with Crippen LogP contribution in [0.25, 0.3) is 0 Å². The molecule has 4 atom stereocenters. The summed E-state index contributed by atoms with van der Waals surface area (Å²) < 4.78 is 28.5. The molecule has 6 heteroatoms. The van der Waals surface area contributed by atoms with Crippen molar-refractivity contribution < 1.29 is 28.8 Å². The molecule has 0 aromatic carbocycles. The van der Waals surface area contributed by atoms with E-state index in [1.54, 1.807) is 13.2 Å². The van der Waals surface area contributed by atoms with Gasteiger partial charge < -0.3 is 28.8 Å². The largest absolute Gasteiger partial charge is 0.384 e. The molecule has 2 aliphatic rings. The highest BCUT2D eigenvalue weighted by Gasteiger charge is 2.54. The van der Waals surface area contributed by atoms with Gasteiger partial charge in [-0.15, -0.1) is 6.58 Å². The van der Waals surface area contributed by atoms with E-state index in [0.717, 1.165) is 0 Å². The van der Waals surface area contributed by atoms with Crippen LogP contribution in [0, 0.1) is 0 Å². The van der Waals surface area contributed by atoms with Crippen molar-refractivity contribution in [1.29, 1.82) is 0 Å². The summed E-state index contributed by atoms with van der Waals surface area (Å²) in [4.78, 5) is 0. The lowest BCUT2D eigenvalue weighted by atomic mass is 9.84. The molecule has 6 nitrogen and oxygen atoms in total. The fraction of sp³-hybridized carbons (Fsp3) is 0.875. The molecular weight excluding hydrogens is 288 g/mol. The van der Waals surface area contributed by atoms with Gasteiger partial charge in [0.2, 0.25) is 0 Å². The van der Waals surface area contributed by atoms with E-state index in [-0.39, 0.29) is 6.61 Å². The number of ether oxygens (including phenoxy) is 5. The van der Waals surface area contributed by atoms with E-state index in [0.29, 0.717) is 13.0 Å². The Morgan fingerprint density at radius 1 is 1.23 bits per heavy atom. The topological polar surface area (TPSA) is 66.4 Å². The van der Waals surface area contributed by atoms with Crippen molar-refractivity contribution in [2.24, 2.45) is 0 Å². The third-order valence-electron chi connectivity index (χ3n) is 4.15. The zero-order valence-electron chi connectivity index (χ0n) is 14.1. The van der Waals surface area contributed by atoms with Crippen molar-refractivity contribution in [3.8, 4) is 0 Å². The molecule has 0 aliphatic carbocycles. The van der Waals surface area contributed by atoms with Gasteiger partial charge in [-0.25, -0.2) is 0 Å². The molecule has 0 unspecified atom stereocenters. The van der Waals surface area contributed by atoms with Gasteiger partial charge in [-0.2, -0.15) is 0 Å². The van der Waals surface area contributed by atoms with Crippen LogP contribution in [0.2, 0.25) is 0 Å². The van der Waals surface area contributed by atoms with Crippen molar-refractivity contribution in [2.75, 3.05) is 20.3 Å². The first kappa shape index (κ1) is 17.8. The zero-order chi connectivity index (χ0) is 16.6. The Morgan fingerprint density at radius 3 is 2.23 bits per heavy atom. The second kappa shape index (κ2) is 6.19. The van der Waals surface area contributed by atoms with Crippen molar-refractivity contribution in [1.82, 2.24) is 0 Å². The smallest absolute Gasteiger partial charge is 0.163 e. The third kappa shape index (κ3) is 3.53. The van der Waals surface area contributed by atoms with Gasteiger partial charge in [0.15, 0.2) is 11.6 Å². The van der Waals surface area contributed by atoms with E-state index >= 15 is 0 Å². The number of aliphatic hydroxyl groups is 1. The molecule has 0 aromatic heterocycles. The fourth-order valence-electron chi connectivity index (χ4n) is 3.14. The fourth-order valence-corrected chi connectivity index (χ4v) is 3.14. The first-order chi connectivity index (χ1) is 10.1. The second-order valence-corrected chi connectivity index (χ2v) is 6.82. The molecule has 2 heterocycles. The molecule has 0 aromatic rings. The second-order valence-electron chi connectivity index (χ2n) is 6.82. The van der Waals surface area contributed by atoms with Crippen LogP contribution in [-0.2, 0) is 23.7 Å². The summed E-state index contributed by atoms with van der Waals surface area (Å²) in [5.74, 6) is -1.42. The Balaban J connectivity index is 2.22. The Hall–Kier alpha value is -0.500. The average Bonchev–Trinajstić information content (AvgIpc) is 2.93. The highest BCUT2D eigenvalue weighted by atomic mass is 16.8. The number of rotatable bonds is 6. The molecule has 2 saturated heterocycles. The molecule has 0 saturated carbocycles. The zero-order valence-corrected chi connectivity index (χ0v) is 14.1. The number of hydrogen-bond donors (Lipinski definition) is 1. The van der Waals surface area contributed by atoms with Crippen LogP contribution in [0.4, 0.5) is 0 Å². The minimum absolute atomic E-state index is 0.286. The van der Waals surface area contributed by atoms with Crippen molar-refractivity contribution in [3.05, 3.63) is 12.7 Å². The van der Waals surface area contributed by atoms with Gasteiger partial charge in [0, 0.05) is 7.11 Å². The summed E-state index contributed by atoms with van der Waals surface area (Å²) in [7, 11) is 1.55. The van der Waals surface area contributed by atoms with Gasteiger partial charge in [0.1, 0.15) is 23.9 Å². The van der Waals surface area contributed by atoms with Gasteiger partial charge in [0.25, 0.3) is 0 Å². The summed E-state index contributed by atoms with van der Waals surface area (Å²) in [5.41, 5.74) is -1.31. The maximum absolute atomic E-state index is 11.3. The van der Waals surface area contributed by atoms with Gasteiger partial charge in [-0.1, -0.05) is 6.08 Å². The predicted octanol–water partition coefficient (Wildman–Crippen LogP) is 1.61. The number of methoxy groups -OCH3 is 1. The summed E-state index contributed by atoms with van der Waals surface area (Å²) in [6, 6.07) is 0. The molecule has 0 spiro atoms. The Labute approximate surface area is 132 Å². The maximum Gasteiger partial charge on any atom is 0.163 e. The van der Waals surface area contributed by atoms with E-state index in [4.69, 9.17) is 23.7 Å². The molecule has 2 aliphatic heterocycles. The maximum atomic E-state index is 11.3. The molecule has 2 rings (SSSR count). The van der Waals surface area contributed by atoms with Crippen LogP contribution >= 0.6 is 0 Å². The van der Waals surface area contributed by atoms with Crippen LogP contribution in [0.15, 0.2) is 12.7 Å². The van der Waals surface area contributed by atoms with E-state index in [2.05, 4.69) is 6.58 Å². The summed E-state index contributed by atoms with van der Waals surface area (Å²) in [5, 5.41) is 11.3. The van der Waals surface area contributed by atoms with E-state index in [9.17, 15) is 5.11 Å². The highest BCUT2D eigenvalue weighted by molar-refractivity contribution is 5.04. The first-order valence-electron chi connectivity index (χ1n) is 7.63. The van der Waals surface area contributed by atoms with Crippen LogP contribution in [0.3, 0.4) is 0 Å². The van der Waals surface area contributed by atoms with Crippen molar-refractivity contribution in [3.63, 3.8) is 0 Å². The molecule has 1 N–H and O–H groups in total. The summed E-state index contributed by atoms with van der Waals surface area (Å²) >= 11 is 0. The van der Waals surface area contributed by atoms with Gasteiger partial charge >= 0.3 is 0 Å². The minimum Gasteiger partial charge on any atom is -0.384 e. The Kier molecular flexibility index (Phi) is 5.02. The van der Waals surface area contributed by atoms with Gasteiger partial charge in [-0.3, -0.25) is 0 Å². The lowest BCUT2D eigenvalue weighted by molar-refractivity contribution is -0.224. The minimum atomic E-state index is -1.31. The molecule has 128 valence electrons. The molecular formula is C16H28O6. The normalized spacial score (nSPS) is 34.3. The quantitative estimate of drug-likeness (QED) is 0.751. The lowest BCUT2D eigenvalue weighted by Crippen LogP contribution is -2.59. The van der Waals surface area contributed by atoms with Crippen LogP contribution < -0.4 is 0 Å². The Morgan fingerprint density at radius 2 is 1.82 bits per heavy atom. The standard InChI is InChI=1S/C16H28O6/c1-7-8-16(17,12-10-20-15(4,5)22-12)13(18-6)11-9-19-14(2,3)21-11/h7,11-13,17H,1,8-10H2,2-6H3/t11-,12-,13-,16-/m1/s1. The molecule has 2 fully saturated rings. The van der Waals surface area contributed by atoms with Crippen LogP contribution in [-0.4, -0.2) is 60.9 Å². The monoisotopic (exact) mass is 316 g/mol. The predicted molar refractivity (Wildman–Crippen MR) is 80.4 cm³/mol. The van der Waals surface area contributed by atoms with E-state index in [1.807, 2.05) is 27.7 Å². The average molecular weight is 316 g/mol. The van der Waals surface area contributed by atoms with Crippen LogP contribution in [0.5, 0.6) is 0 Å². The van der Waals surface area contributed by atoms with Gasteiger partial charge in [0.05, 0.1) is 13.2 Å². The lowest BCUT2D eigenvalue weighted by Gasteiger charge is -2.40. The SMILES string of the molecule is C=CC[C@](O)([C@H](OC)[C@H]1COC(C)(C)O1)[C@H]1COC(C)(C)O1. The highest BCUT2D eigenvalue weighted by Crippen LogP contribution is 2.38. The van der Waals surface area contributed by atoms with Crippen molar-refractivity contribution in [2.45, 2.75) is 69.6 Å². The van der Waals surface area contributed by atoms with Crippen LogP contribution in [0.1, 0.15) is 34.1 Å². The summed E-state index contributed by atoms with van der Waals surface area (Å²) in [6.45, 7) is 11.7. The molecule has 0 radical (unpaired) electrons. The molecule has 0 amide bonds.